The summed E-state index contributed by atoms with van der Waals surface area (Å²) in [6.45, 7) is 1.63. The van der Waals surface area contributed by atoms with Crippen molar-refractivity contribution < 1.29 is 18.3 Å². The number of phenols is 1. The van der Waals surface area contributed by atoms with E-state index in [0.29, 0.717) is 5.92 Å². The van der Waals surface area contributed by atoms with Gasteiger partial charge in [0.2, 0.25) is 0 Å². The maximum Gasteiger partial charge on any atom is 0.265 e. The summed E-state index contributed by atoms with van der Waals surface area (Å²) in [4.78, 5) is 6.31. The summed E-state index contributed by atoms with van der Waals surface area (Å²) >= 11 is 0. The largest absolute Gasteiger partial charge is 0.508 e. The summed E-state index contributed by atoms with van der Waals surface area (Å²) in [5, 5.41) is 9.62. The van der Waals surface area contributed by atoms with E-state index in [1.54, 1.807) is 36.7 Å². The number of rotatable bonds is 6. The molecule has 1 fully saturated rings. The standard InChI is InChI=1S/C22H23N3O4S/c1-29-21-6-5-19(25-12-9-17(15-25)16-7-10-23-11-8-16)14-22(21)30(27,28)24-18-3-2-4-20(26)13-18/h2-8,10-11,13-14,17,24,26H,9,12,15H2,1H3. The van der Waals surface area contributed by atoms with Crippen molar-refractivity contribution in [2.24, 2.45) is 0 Å². The van der Waals surface area contributed by atoms with E-state index in [2.05, 4.69) is 14.6 Å². The van der Waals surface area contributed by atoms with Crippen molar-refractivity contribution in [3.8, 4) is 11.5 Å². The second kappa shape index (κ2) is 8.23. The third kappa shape index (κ3) is 4.18. The van der Waals surface area contributed by atoms with Crippen LogP contribution in [0.5, 0.6) is 11.5 Å². The molecular weight excluding hydrogens is 402 g/mol. The first-order valence-corrected chi connectivity index (χ1v) is 11.1. The fraction of sp³-hybridized carbons (Fsp3) is 0.227. The molecule has 1 aliphatic rings. The molecule has 2 aromatic carbocycles. The van der Waals surface area contributed by atoms with Crippen LogP contribution in [0.15, 0.2) is 71.9 Å². The number of ether oxygens (including phenoxy) is 1. The van der Waals surface area contributed by atoms with Gasteiger partial charge in [-0.25, -0.2) is 8.42 Å². The van der Waals surface area contributed by atoms with Gasteiger partial charge < -0.3 is 14.7 Å². The SMILES string of the molecule is COc1ccc(N2CCC(c3ccncc3)C2)cc1S(=O)(=O)Nc1cccc(O)c1. The maximum absolute atomic E-state index is 13.0. The van der Waals surface area contributed by atoms with Gasteiger partial charge in [-0.15, -0.1) is 0 Å². The Kier molecular flexibility index (Phi) is 5.50. The minimum Gasteiger partial charge on any atom is -0.508 e. The minimum atomic E-state index is -3.91. The van der Waals surface area contributed by atoms with E-state index in [0.717, 1.165) is 25.2 Å². The molecule has 0 amide bonds. The number of methoxy groups -OCH3 is 1. The van der Waals surface area contributed by atoms with E-state index < -0.39 is 10.0 Å². The zero-order valence-corrected chi connectivity index (χ0v) is 17.3. The van der Waals surface area contributed by atoms with Gasteiger partial charge in [-0.3, -0.25) is 9.71 Å². The monoisotopic (exact) mass is 425 g/mol. The fourth-order valence-corrected chi connectivity index (χ4v) is 4.99. The number of pyridine rings is 1. The molecule has 156 valence electrons. The minimum absolute atomic E-state index is 0.0184. The molecule has 1 atom stereocenters. The summed E-state index contributed by atoms with van der Waals surface area (Å²) in [7, 11) is -2.47. The van der Waals surface area contributed by atoms with Gasteiger partial charge in [-0.2, -0.15) is 0 Å². The summed E-state index contributed by atoms with van der Waals surface area (Å²) in [5.74, 6) is 0.618. The van der Waals surface area contributed by atoms with Gasteiger partial charge in [0.25, 0.3) is 10.0 Å². The first-order valence-electron chi connectivity index (χ1n) is 9.61. The third-order valence-electron chi connectivity index (χ3n) is 5.27. The molecule has 2 heterocycles. The highest BCUT2D eigenvalue weighted by atomic mass is 32.2. The van der Waals surface area contributed by atoms with E-state index in [1.807, 2.05) is 18.2 Å². The number of hydrogen-bond donors (Lipinski definition) is 2. The predicted molar refractivity (Wildman–Crippen MR) is 116 cm³/mol. The molecule has 8 heteroatoms. The number of anilines is 2. The third-order valence-corrected chi connectivity index (χ3v) is 6.67. The smallest absolute Gasteiger partial charge is 0.265 e. The van der Waals surface area contributed by atoms with Gasteiger partial charge in [0.15, 0.2) is 0 Å². The Balaban J connectivity index is 1.61. The van der Waals surface area contributed by atoms with Gasteiger partial charge >= 0.3 is 0 Å². The Morgan fingerprint density at radius 3 is 2.67 bits per heavy atom. The normalized spacial score (nSPS) is 16.4. The highest BCUT2D eigenvalue weighted by molar-refractivity contribution is 7.92. The van der Waals surface area contributed by atoms with Crippen molar-refractivity contribution in [1.82, 2.24) is 4.98 Å². The number of nitrogens with zero attached hydrogens (tertiary/aromatic N) is 2. The summed E-state index contributed by atoms with van der Waals surface area (Å²) in [5.41, 5.74) is 2.34. The summed E-state index contributed by atoms with van der Waals surface area (Å²) in [6, 6.07) is 15.2. The Bertz CT molecular complexity index is 1140. The highest BCUT2D eigenvalue weighted by Crippen LogP contribution is 2.35. The first-order chi connectivity index (χ1) is 14.5. The molecule has 2 N–H and O–H groups in total. The van der Waals surface area contributed by atoms with E-state index in [-0.39, 0.29) is 22.1 Å². The molecule has 0 spiro atoms. The molecule has 0 bridgehead atoms. The maximum atomic E-state index is 13.0. The first kappa shape index (κ1) is 20.0. The average Bonchev–Trinajstić information content (AvgIpc) is 3.24. The molecule has 0 saturated carbocycles. The van der Waals surface area contributed by atoms with E-state index in [9.17, 15) is 13.5 Å². The lowest BCUT2D eigenvalue weighted by Crippen LogP contribution is -2.20. The molecule has 0 aliphatic carbocycles. The molecule has 1 aliphatic heterocycles. The quantitative estimate of drug-likeness (QED) is 0.627. The van der Waals surface area contributed by atoms with Crippen molar-refractivity contribution in [2.45, 2.75) is 17.2 Å². The fourth-order valence-electron chi connectivity index (χ4n) is 3.75. The van der Waals surface area contributed by atoms with Crippen LogP contribution in [0.1, 0.15) is 17.9 Å². The second-order valence-electron chi connectivity index (χ2n) is 7.20. The van der Waals surface area contributed by atoms with Crippen molar-refractivity contribution in [2.75, 3.05) is 29.8 Å². The van der Waals surface area contributed by atoms with Crippen LogP contribution < -0.4 is 14.4 Å². The van der Waals surface area contributed by atoms with Crippen LogP contribution in [-0.2, 0) is 10.0 Å². The molecule has 3 aromatic rings. The van der Waals surface area contributed by atoms with E-state index >= 15 is 0 Å². The van der Waals surface area contributed by atoms with Crippen LogP contribution in [0.25, 0.3) is 0 Å². The predicted octanol–water partition coefficient (Wildman–Crippen LogP) is 3.59. The topological polar surface area (TPSA) is 91.8 Å². The summed E-state index contributed by atoms with van der Waals surface area (Å²) in [6.07, 6.45) is 4.58. The molecule has 1 unspecified atom stereocenters. The number of phenolic OH excluding ortho intramolecular Hbond substituents is 1. The number of benzene rings is 2. The van der Waals surface area contributed by atoms with Crippen LogP contribution in [0, 0.1) is 0 Å². The van der Waals surface area contributed by atoms with Crippen molar-refractivity contribution in [1.29, 1.82) is 0 Å². The Morgan fingerprint density at radius 1 is 1.13 bits per heavy atom. The number of aromatic nitrogens is 1. The summed E-state index contributed by atoms with van der Waals surface area (Å²) < 4.78 is 33.9. The van der Waals surface area contributed by atoms with E-state index in [4.69, 9.17) is 4.74 Å². The second-order valence-corrected chi connectivity index (χ2v) is 8.85. The Morgan fingerprint density at radius 2 is 1.93 bits per heavy atom. The number of nitrogens with one attached hydrogen (secondary N) is 1. The van der Waals surface area contributed by atoms with Crippen LogP contribution in [0.3, 0.4) is 0 Å². The lowest BCUT2D eigenvalue weighted by atomic mass is 10.00. The van der Waals surface area contributed by atoms with Crippen molar-refractivity contribution >= 4 is 21.4 Å². The van der Waals surface area contributed by atoms with Crippen LogP contribution in [0.2, 0.25) is 0 Å². The molecule has 4 rings (SSSR count). The molecule has 0 radical (unpaired) electrons. The number of sulfonamides is 1. The van der Waals surface area contributed by atoms with Gasteiger partial charge in [-0.1, -0.05) is 6.07 Å². The number of hydrogen-bond acceptors (Lipinski definition) is 6. The Hall–Kier alpha value is -3.26. The zero-order valence-electron chi connectivity index (χ0n) is 16.5. The van der Waals surface area contributed by atoms with Gasteiger partial charge in [0, 0.05) is 43.2 Å². The van der Waals surface area contributed by atoms with Gasteiger partial charge in [0.1, 0.15) is 16.4 Å². The van der Waals surface area contributed by atoms with Gasteiger partial charge in [0.05, 0.1) is 12.8 Å². The average molecular weight is 426 g/mol. The molecule has 7 nitrogen and oxygen atoms in total. The zero-order chi connectivity index (χ0) is 21.1. The highest BCUT2D eigenvalue weighted by Gasteiger charge is 2.27. The Labute approximate surface area is 176 Å². The van der Waals surface area contributed by atoms with E-state index in [1.165, 1.54) is 24.8 Å². The molecule has 1 saturated heterocycles. The van der Waals surface area contributed by atoms with Crippen molar-refractivity contribution in [3.63, 3.8) is 0 Å². The van der Waals surface area contributed by atoms with Crippen LogP contribution in [0.4, 0.5) is 11.4 Å². The van der Waals surface area contributed by atoms with Gasteiger partial charge in [-0.05, 0) is 54.4 Å². The molecule has 1 aromatic heterocycles. The lowest BCUT2D eigenvalue weighted by molar-refractivity contribution is 0.403. The van der Waals surface area contributed by atoms with Crippen LogP contribution >= 0.6 is 0 Å². The van der Waals surface area contributed by atoms with Crippen LogP contribution in [-0.4, -0.2) is 38.7 Å². The number of aromatic hydroxyl groups is 1. The molecular formula is C22H23N3O4S. The molecule has 30 heavy (non-hydrogen) atoms. The van der Waals surface area contributed by atoms with Crippen molar-refractivity contribution in [3.05, 3.63) is 72.6 Å². The lowest BCUT2D eigenvalue weighted by Gasteiger charge is -2.21.